The SMILES string of the molecule is O=C(NN=CC=Cc1ccc([N+](=O)[O-])cc1)c1ccc2c(c1)OCO2. The molecule has 0 spiro atoms. The van der Waals surface area contributed by atoms with Gasteiger partial charge in [-0.2, -0.15) is 5.10 Å². The number of hydrogen-bond donors (Lipinski definition) is 1. The molecule has 1 N–H and O–H groups in total. The molecule has 0 aromatic heterocycles. The van der Waals surface area contributed by atoms with Crippen LogP contribution < -0.4 is 14.9 Å². The Bertz CT molecular complexity index is 859. The summed E-state index contributed by atoms with van der Waals surface area (Å²) in [4.78, 5) is 22.1. The van der Waals surface area contributed by atoms with E-state index in [4.69, 9.17) is 9.47 Å². The highest BCUT2D eigenvalue weighted by Gasteiger charge is 2.15. The maximum atomic E-state index is 12.0. The van der Waals surface area contributed by atoms with E-state index in [0.29, 0.717) is 17.1 Å². The van der Waals surface area contributed by atoms with E-state index in [9.17, 15) is 14.9 Å². The predicted molar refractivity (Wildman–Crippen MR) is 90.7 cm³/mol. The topological polar surface area (TPSA) is 103 Å². The first-order valence-electron chi connectivity index (χ1n) is 7.28. The molecule has 2 aromatic rings. The molecule has 3 rings (SSSR count). The van der Waals surface area contributed by atoms with Crippen LogP contribution in [0, 0.1) is 10.1 Å². The number of benzene rings is 2. The fraction of sp³-hybridized carbons (Fsp3) is 0.0588. The molecule has 25 heavy (non-hydrogen) atoms. The molecule has 8 nitrogen and oxygen atoms in total. The van der Waals surface area contributed by atoms with Crippen molar-refractivity contribution in [2.45, 2.75) is 0 Å². The number of fused-ring (bicyclic) bond motifs is 1. The van der Waals surface area contributed by atoms with Gasteiger partial charge >= 0.3 is 0 Å². The van der Waals surface area contributed by atoms with E-state index >= 15 is 0 Å². The first kappa shape index (κ1) is 16.2. The Hall–Kier alpha value is -3.68. The molecule has 1 heterocycles. The number of nitro groups is 1. The van der Waals surface area contributed by atoms with Crippen molar-refractivity contribution in [2.75, 3.05) is 6.79 Å². The van der Waals surface area contributed by atoms with E-state index in [0.717, 1.165) is 5.56 Å². The molecular formula is C17H13N3O5. The van der Waals surface area contributed by atoms with Gasteiger partial charge in [0.15, 0.2) is 11.5 Å². The number of amides is 1. The van der Waals surface area contributed by atoms with Gasteiger partial charge in [0.05, 0.1) is 4.92 Å². The summed E-state index contributed by atoms with van der Waals surface area (Å²) < 4.78 is 10.4. The van der Waals surface area contributed by atoms with E-state index in [1.54, 1.807) is 42.5 Å². The predicted octanol–water partition coefficient (Wildman–Crippen LogP) is 2.75. The lowest BCUT2D eigenvalue weighted by Gasteiger charge is -2.01. The normalized spacial score (nSPS) is 12.6. The summed E-state index contributed by atoms with van der Waals surface area (Å²) in [6.07, 6.45) is 4.73. The minimum Gasteiger partial charge on any atom is -0.454 e. The van der Waals surface area contributed by atoms with Crippen LogP contribution in [-0.2, 0) is 0 Å². The number of nitrogens with one attached hydrogen (secondary N) is 1. The van der Waals surface area contributed by atoms with Gasteiger partial charge in [0, 0.05) is 23.9 Å². The lowest BCUT2D eigenvalue weighted by Crippen LogP contribution is -2.17. The summed E-state index contributed by atoms with van der Waals surface area (Å²) in [5, 5.41) is 14.4. The van der Waals surface area contributed by atoms with Crippen molar-refractivity contribution in [3.63, 3.8) is 0 Å². The number of nitro benzene ring substituents is 1. The standard InChI is InChI=1S/C17H13N3O5/c21-17(13-5-8-15-16(10-13)25-11-24-15)19-18-9-1-2-12-3-6-14(7-4-12)20(22)23/h1-10H,11H2,(H,19,21). The number of ether oxygens (including phenoxy) is 2. The number of hydrazone groups is 1. The number of nitrogens with zero attached hydrogens (tertiary/aromatic N) is 2. The highest BCUT2D eigenvalue weighted by atomic mass is 16.7. The fourth-order valence-electron chi connectivity index (χ4n) is 2.10. The number of allylic oxidation sites excluding steroid dienone is 1. The largest absolute Gasteiger partial charge is 0.454 e. The molecule has 0 radical (unpaired) electrons. The second kappa shape index (κ2) is 7.26. The Labute approximate surface area is 142 Å². The number of carbonyl (C=O) groups is 1. The van der Waals surface area contributed by atoms with Gasteiger partial charge in [0.25, 0.3) is 11.6 Å². The van der Waals surface area contributed by atoms with Crippen molar-refractivity contribution in [3.8, 4) is 11.5 Å². The first-order chi connectivity index (χ1) is 12.1. The van der Waals surface area contributed by atoms with E-state index in [-0.39, 0.29) is 18.4 Å². The van der Waals surface area contributed by atoms with Gasteiger partial charge in [-0.25, -0.2) is 5.43 Å². The molecule has 8 heteroatoms. The van der Waals surface area contributed by atoms with Gasteiger partial charge in [-0.15, -0.1) is 0 Å². The van der Waals surface area contributed by atoms with Crippen LogP contribution in [0.15, 0.2) is 53.6 Å². The summed E-state index contributed by atoms with van der Waals surface area (Å²) in [5.41, 5.74) is 3.60. The van der Waals surface area contributed by atoms with E-state index < -0.39 is 4.92 Å². The van der Waals surface area contributed by atoms with Gasteiger partial charge in [0.2, 0.25) is 6.79 Å². The Morgan fingerprint density at radius 2 is 1.92 bits per heavy atom. The molecule has 1 amide bonds. The molecule has 126 valence electrons. The van der Waals surface area contributed by atoms with Crippen LogP contribution in [0.4, 0.5) is 5.69 Å². The van der Waals surface area contributed by atoms with Gasteiger partial charge < -0.3 is 9.47 Å². The number of carbonyl (C=O) groups excluding carboxylic acids is 1. The molecule has 0 saturated heterocycles. The Balaban J connectivity index is 1.54. The van der Waals surface area contributed by atoms with Crippen LogP contribution in [0.1, 0.15) is 15.9 Å². The molecule has 0 unspecified atom stereocenters. The van der Waals surface area contributed by atoms with Gasteiger partial charge in [-0.3, -0.25) is 14.9 Å². The Morgan fingerprint density at radius 3 is 2.68 bits per heavy atom. The quantitative estimate of drug-likeness (QED) is 0.512. The van der Waals surface area contributed by atoms with E-state index in [1.165, 1.54) is 18.3 Å². The number of non-ortho nitro benzene ring substituents is 1. The number of hydrogen-bond acceptors (Lipinski definition) is 6. The average Bonchev–Trinajstić information content (AvgIpc) is 3.09. The van der Waals surface area contributed by atoms with Gasteiger partial charge in [-0.05, 0) is 42.0 Å². The van der Waals surface area contributed by atoms with Crippen molar-refractivity contribution in [3.05, 3.63) is 69.8 Å². The summed E-state index contributed by atoms with van der Waals surface area (Å²) >= 11 is 0. The van der Waals surface area contributed by atoms with Crippen LogP contribution in [0.25, 0.3) is 6.08 Å². The summed E-state index contributed by atoms with van der Waals surface area (Å²) in [5.74, 6) is 0.749. The lowest BCUT2D eigenvalue weighted by molar-refractivity contribution is -0.384. The average molecular weight is 339 g/mol. The molecule has 0 atom stereocenters. The highest BCUT2D eigenvalue weighted by Crippen LogP contribution is 2.32. The maximum absolute atomic E-state index is 12.0. The molecule has 1 aliphatic heterocycles. The van der Waals surface area contributed by atoms with E-state index in [2.05, 4.69) is 10.5 Å². The number of rotatable bonds is 5. The Morgan fingerprint density at radius 1 is 1.16 bits per heavy atom. The molecule has 0 bridgehead atoms. The Kier molecular flexibility index (Phi) is 4.70. The highest BCUT2D eigenvalue weighted by molar-refractivity contribution is 5.95. The monoisotopic (exact) mass is 339 g/mol. The third-order valence-corrected chi connectivity index (χ3v) is 3.35. The van der Waals surface area contributed by atoms with Crippen LogP contribution in [0.5, 0.6) is 11.5 Å². The van der Waals surface area contributed by atoms with Crippen LogP contribution in [0.3, 0.4) is 0 Å². The zero-order valence-electron chi connectivity index (χ0n) is 12.9. The first-order valence-corrected chi connectivity index (χ1v) is 7.28. The molecular weight excluding hydrogens is 326 g/mol. The fourth-order valence-corrected chi connectivity index (χ4v) is 2.10. The van der Waals surface area contributed by atoms with Gasteiger partial charge in [0.1, 0.15) is 0 Å². The zero-order valence-corrected chi connectivity index (χ0v) is 12.9. The summed E-state index contributed by atoms with van der Waals surface area (Å²) in [6, 6.07) is 10.9. The minimum atomic E-state index is -0.458. The van der Waals surface area contributed by atoms with Crippen LogP contribution in [-0.4, -0.2) is 23.8 Å². The smallest absolute Gasteiger partial charge is 0.271 e. The van der Waals surface area contributed by atoms with Gasteiger partial charge in [-0.1, -0.05) is 6.08 Å². The van der Waals surface area contributed by atoms with Crippen molar-refractivity contribution < 1.29 is 19.2 Å². The summed E-state index contributed by atoms with van der Waals surface area (Å²) in [7, 11) is 0. The van der Waals surface area contributed by atoms with Crippen molar-refractivity contribution >= 4 is 23.9 Å². The zero-order chi connectivity index (χ0) is 17.6. The summed E-state index contributed by atoms with van der Waals surface area (Å²) in [6.45, 7) is 0.145. The third kappa shape index (κ3) is 3.99. The maximum Gasteiger partial charge on any atom is 0.271 e. The van der Waals surface area contributed by atoms with Crippen molar-refractivity contribution in [2.24, 2.45) is 5.10 Å². The second-order valence-corrected chi connectivity index (χ2v) is 4.99. The van der Waals surface area contributed by atoms with Crippen LogP contribution in [0.2, 0.25) is 0 Å². The molecule has 1 aliphatic rings. The molecule has 0 saturated carbocycles. The van der Waals surface area contributed by atoms with Crippen LogP contribution >= 0.6 is 0 Å². The van der Waals surface area contributed by atoms with Crippen molar-refractivity contribution in [1.82, 2.24) is 5.43 Å². The second-order valence-electron chi connectivity index (χ2n) is 4.99. The molecule has 2 aromatic carbocycles. The van der Waals surface area contributed by atoms with E-state index in [1.807, 2.05) is 0 Å². The van der Waals surface area contributed by atoms with Crippen molar-refractivity contribution in [1.29, 1.82) is 0 Å². The lowest BCUT2D eigenvalue weighted by atomic mass is 10.2. The molecule has 0 fully saturated rings. The molecule has 0 aliphatic carbocycles. The third-order valence-electron chi connectivity index (χ3n) is 3.35. The minimum absolute atomic E-state index is 0.0295.